The molecule has 1 aromatic carbocycles. The van der Waals surface area contributed by atoms with Gasteiger partial charge in [0.1, 0.15) is 5.69 Å². The highest BCUT2D eigenvalue weighted by atomic mass is 19.4. The average molecular weight is 313 g/mol. The molecule has 120 valence electrons. The van der Waals surface area contributed by atoms with Gasteiger partial charge in [0.15, 0.2) is 5.69 Å². The topological polar surface area (TPSA) is 60.0 Å². The number of anilines is 1. The third kappa shape index (κ3) is 3.06. The fourth-order valence-electron chi connectivity index (χ4n) is 2.31. The van der Waals surface area contributed by atoms with Crippen LogP contribution in [0.3, 0.4) is 0 Å². The van der Waals surface area contributed by atoms with Crippen LogP contribution in [-0.2, 0) is 12.7 Å². The van der Waals surface area contributed by atoms with E-state index < -0.39 is 11.9 Å². The lowest BCUT2D eigenvalue weighted by Crippen LogP contribution is -2.21. The number of benzene rings is 1. The summed E-state index contributed by atoms with van der Waals surface area (Å²) < 4.78 is 40.3. The number of hydrogen-bond donors (Lipinski definition) is 1. The van der Waals surface area contributed by atoms with E-state index in [1.54, 1.807) is 24.3 Å². The zero-order valence-corrected chi connectivity index (χ0v) is 12.4. The van der Waals surface area contributed by atoms with E-state index in [4.69, 9.17) is 5.73 Å². The van der Waals surface area contributed by atoms with Gasteiger partial charge in [0.05, 0.1) is 5.69 Å². The Bertz CT molecular complexity index is 614. The van der Waals surface area contributed by atoms with Crippen LogP contribution in [0.25, 0.3) is 5.69 Å². The zero-order chi connectivity index (χ0) is 16.3. The fraction of sp³-hybridized carbons (Fsp3) is 0.429. The average Bonchev–Trinajstić information content (AvgIpc) is 2.93. The Labute approximate surface area is 126 Å². The molecule has 2 aromatic rings. The Balaban J connectivity index is 2.43. The van der Waals surface area contributed by atoms with Gasteiger partial charge in [-0.3, -0.25) is 0 Å². The first-order valence-electron chi connectivity index (χ1n) is 6.99. The second-order valence-corrected chi connectivity index (χ2v) is 4.69. The lowest BCUT2D eigenvalue weighted by Gasteiger charge is -2.21. The summed E-state index contributed by atoms with van der Waals surface area (Å²) in [6.45, 7) is 5.37. The van der Waals surface area contributed by atoms with Crippen molar-refractivity contribution in [2.24, 2.45) is 5.73 Å². The Morgan fingerprint density at radius 2 is 1.73 bits per heavy atom. The number of hydrogen-bond acceptors (Lipinski definition) is 4. The molecule has 0 radical (unpaired) electrons. The van der Waals surface area contributed by atoms with Crippen LogP contribution in [0.15, 0.2) is 24.3 Å². The van der Waals surface area contributed by atoms with Crippen molar-refractivity contribution in [3.63, 3.8) is 0 Å². The minimum atomic E-state index is -4.56. The molecule has 8 heteroatoms. The number of aromatic nitrogens is 3. The van der Waals surface area contributed by atoms with E-state index in [0.717, 1.165) is 23.5 Å². The number of rotatable bonds is 5. The molecule has 0 aliphatic heterocycles. The monoisotopic (exact) mass is 313 g/mol. The van der Waals surface area contributed by atoms with Gasteiger partial charge in [-0.15, -0.1) is 5.10 Å². The van der Waals surface area contributed by atoms with Gasteiger partial charge in [-0.1, -0.05) is 5.21 Å². The molecule has 0 saturated carbocycles. The normalized spacial score (nSPS) is 11.7. The molecule has 0 amide bonds. The first-order chi connectivity index (χ1) is 10.4. The predicted octanol–water partition coefficient (Wildman–Crippen LogP) is 2.59. The lowest BCUT2D eigenvalue weighted by molar-refractivity contribution is -0.143. The molecular formula is C14H18F3N5. The van der Waals surface area contributed by atoms with Gasteiger partial charge in [0.25, 0.3) is 0 Å². The summed E-state index contributed by atoms with van der Waals surface area (Å²) in [6, 6.07) is 6.73. The second-order valence-electron chi connectivity index (χ2n) is 4.69. The van der Waals surface area contributed by atoms with E-state index in [0.29, 0.717) is 5.69 Å². The van der Waals surface area contributed by atoms with E-state index in [9.17, 15) is 13.2 Å². The van der Waals surface area contributed by atoms with E-state index in [1.165, 1.54) is 0 Å². The Morgan fingerprint density at radius 3 is 2.18 bits per heavy atom. The maximum atomic E-state index is 13.2. The molecule has 0 fully saturated rings. The Kier molecular flexibility index (Phi) is 4.70. The van der Waals surface area contributed by atoms with Crippen molar-refractivity contribution in [1.82, 2.24) is 15.0 Å². The van der Waals surface area contributed by atoms with Crippen LogP contribution in [-0.4, -0.2) is 28.1 Å². The van der Waals surface area contributed by atoms with Crippen molar-refractivity contribution in [3.8, 4) is 5.69 Å². The quantitative estimate of drug-likeness (QED) is 0.922. The van der Waals surface area contributed by atoms with Gasteiger partial charge < -0.3 is 10.6 Å². The third-order valence-electron chi connectivity index (χ3n) is 3.42. The summed E-state index contributed by atoms with van der Waals surface area (Å²) in [4.78, 5) is 2.10. The van der Waals surface area contributed by atoms with Crippen molar-refractivity contribution >= 4 is 5.69 Å². The minimum Gasteiger partial charge on any atom is -0.372 e. The number of alkyl halides is 3. The van der Waals surface area contributed by atoms with Crippen LogP contribution < -0.4 is 10.6 Å². The fourth-order valence-corrected chi connectivity index (χ4v) is 2.31. The molecule has 0 aliphatic carbocycles. The summed E-state index contributed by atoms with van der Waals surface area (Å²) in [5, 5.41) is 7.12. The highest BCUT2D eigenvalue weighted by molar-refractivity contribution is 5.51. The van der Waals surface area contributed by atoms with Gasteiger partial charge in [0.2, 0.25) is 0 Å². The minimum absolute atomic E-state index is 0.264. The lowest BCUT2D eigenvalue weighted by atomic mass is 10.2. The van der Waals surface area contributed by atoms with Crippen molar-refractivity contribution in [2.75, 3.05) is 18.0 Å². The molecule has 0 spiro atoms. The third-order valence-corrected chi connectivity index (χ3v) is 3.42. The standard InChI is InChI=1S/C14H18F3N5/c1-3-21(4-2)10-5-7-11(8-6-10)22-13(14(15,16)17)12(9-18)19-20-22/h5-8H,3-4,9,18H2,1-2H3. The van der Waals surface area contributed by atoms with Gasteiger partial charge in [-0.05, 0) is 38.1 Å². The van der Waals surface area contributed by atoms with Crippen molar-refractivity contribution < 1.29 is 13.2 Å². The molecule has 22 heavy (non-hydrogen) atoms. The van der Waals surface area contributed by atoms with E-state index in [1.807, 2.05) is 13.8 Å². The largest absolute Gasteiger partial charge is 0.435 e. The first kappa shape index (κ1) is 16.3. The van der Waals surface area contributed by atoms with E-state index in [-0.39, 0.29) is 12.2 Å². The van der Waals surface area contributed by atoms with Gasteiger partial charge in [-0.25, -0.2) is 4.68 Å². The molecule has 5 nitrogen and oxygen atoms in total. The zero-order valence-electron chi connectivity index (χ0n) is 12.4. The Morgan fingerprint density at radius 1 is 1.14 bits per heavy atom. The summed E-state index contributed by atoms with van der Waals surface area (Å²) in [5.41, 5.74) is 5.37. The number of halogens is 3. The highest BCUT2D eigenvalue weighted by Crippen LogP contribution is 2.32. The first-order valence-corrected chi connectivity index (χ1v) is 6.99. The summed E-state index contributed by atoms with van der Waals surface area (Å²) in [7, 11) is 0. The van der Waals surface area contributed by atoms with Gasteiger partial charge in [0, 0.05) is 25.3 Å². The van der Waals surface area contributed by atoms with Gasteiger partial charge in [-0.2, -0.15) is 13.2 Å². The Hall–Kier alpha value is -2.09. The molecule has 0 saturated heterocycles. The van der Waals surface area contributed by atoms with Crippen molar-refractivity contribution in [1.29, 1.82) is 0 Å². The highest BCUT2D eigenvalue weighted by Gasteiger charge is 2.39. The molecule has 2 N–H and O–H groups in total. The number of nitrogens with zero attached hydrogens (tertiary/aromatic N) is 4. The molecule has 0 atom stereocenters. The van der Waals surface area contributed by atoms with E-state index >= 15 is 0 Å². The smallest absolute Gasteiger partial charge is 0.372 e. The van der Waals surface area contributed by atoms with Crippen molar-refractivity contribution in [3.05, 3.63) is 35.7 Å². The number of nitrogens with two attached hydrogens (primary N) is 1. The predicted molar refractivity (Wildman–Crippen MR) is 77.8 cm³/mol. The molecular weight excluding hydrogens is 295 g/mol. The molecule has 2 rings (SSSR count). The van der Waals surface area contributed by atoms with Gasteiger partial charge >= 0.3 is 6.18 Å². The van der Waals surface area contributed by atoms with Crippen LogP contribution in [0.2, 0.25) is 0 Å². The van der Waals surface area contributed by atoms with E-state index in [2.05, 4.69) is 15.2 Å². The van der Waals surface area contributed by atoms with Crippen LogP contribution in [0.4, 0.5) is 18.9 Å². The maximum absolute atomic E-state index is 13.2. The molecule has 0 bridgehead atoms. The van der Waals surface area contributed by atoms with Crippen LogP contribution in [0, 0.1) is 0 Å². The van der Waals surface area contributed by atoms with Crippen LogP contribution in [0.1, 0.15) is 25.2 Å². The summed E-state index contributed by atoms with van der Waals surface area (Å²) in [6.07, 6.45) is -4.56. The van der Waals surface area contributed by atoms with Crippen LogP contribution in [0.5, 0.6) is 0 Å². The molecule has 1 heterocycles. The second kappa shape index (κ2) is 6.35. The van der Waals surface area contributed by atoms with Crippen LogP contribution >= 0.6 is 0 Å². The molecule has 1 aromatic heterocycles. The maximum Gasteiger partial charge on any atom is 0.435 e. The summed E-state index contributed by atoms with van der Waals surface area (Å²) >= 11 is 0. The SMILES string of the molecule is CCN(CC)c1ccc(-n2nnc(CN)c2C(F)(F)F)cc1. The van der Waals surface area contributed by atoms with Crippen molar-refractivity contribution in [2.45, 2.75) is 26.6 Å². The molecule has 0 unspecified atom stereocenters. The molecule has 0 aliphatic rings. The summed E-state index contributed by atoms with van der Waals surface area (Å²) in [5.74, 6) is 0.